The molecule has 2 heterocycles. The van der Waals surface area contributed by atoms with Crippen LogP contribution < -0.4 is 9.64 Å². The zero-order valence-corrected chi connectivity index (χ0v) is 18.5. The van der Waals surface area contributed by atoms with Crippen molar-refractivity contribution in [3.05, 3.63) is 89.7 Å². The summed E-state index contributed by atoms with van der Waals surface area (Å²) >= 11 is 0. The molecule has 1 aliphatic rings. The number of rotatable bonds is 6. The molecule has 32 heavy (non-hydrogen) atoms. The van der Waals surface area contributed by atoms with Crippen LogP contribution in [-0.4, -0.2) is 29.1 Å². The molecule has 0 saturated carbocycles. The van der Waals surface area contributed by atoms with E-state index in [4.69, 9.17) is 9.72 Å². The minimum atomic E-state index is 0.0375. The third-order valence-electron chi connectivity index (χ3n) is 6.35. The first-order chi connectivity index (χ1) is 15.7. The first kappa shape index (κ1) is 20.3. The van der Waals surface area contributed by atoms with Gasteiger partial charge in [-0.1, -0.05) is 49.4 Å². The minimum Gasteiger partial charge on any atom is -0.496 e. The van der Waals surface area contributed by atoms with E-state index >= 15 is 0 Å². The Balaban J connectivity index is 1.51. The summed E-state index contributed by atoms with van der Waals surface area (Å²) in [6.07, 6.45) is 1.45. The van der Waals surface area contributed by atoms with Crippen molar-refractivity contribution in [1.82, 2.24) is 9.55 Å². The SMILES string of the molecule is CCc1ccc(N2CC(c3nc4ccccc4n3Cc3ccccc3OC)CC2=O)cc1. The molecule has 0 bridgehead atoms. The first-order valence-corrected chi connectivity index (χ1v) is 11.1. The van der Waals surface area contributed by atoms with Crippen molar-refractivity contribution < 1.29 is 9.53 Å². The van der Waals surface area contributed by atoms with Gasteiger partial charge in [0.05, 0.1) is 24.7 Å². The van der Waals surface area contributed by atoms with E-state index in [0.717, 1.165) is 40.3 Å². The Morgan fingerprint density at radius 2 is 1.75 bits per heavy atom. The lowest BCUT2D eigenvalue weighted by atomic mass is 10.1. The maximum Gasteiger partial charge on any atom is 0.227 e. The van der Waals surface area contributed by atoms with E-state index in [1.807, 2.05) is 41.3 Å². The molecule has 1 saturated heterocycles. The smallest absolute Gasteiger partial charge is 0.227 e. The number of carbonyl (C=O) groups is 1. The molecule has 5 heteroatoms. The van der Waals surface area contributed by atoms with Crippen molar-refractivity contribution in [3.63, 3.8) is 0 Å². The number of nitrogens with zero attached hydrogens (tertiary/aromatic N) is 3. The average Bonchev–Trinajstić information content (AvgIpc) is 3.40. The second-order valence-corrected chi connectivity index (χ2v) is 8.28. The van der Waals surface area contributed by atoms with E-state index in [2.05, 4.69) is 47.9 Å². The fraction of sp³-hybridized carbons (Fsp3) is 0.259. The highest BCUT2D eigenvalue weighted by Crippen LogP contribution is 2.34. The predicted octanol–water partition coefficient (Wildman–Crippen LogP) is 5.18. The van der Waals surface area contributed by atoms with E-state index in [-0.39, 0.29) is 11.8 Å². The number of anilines is 1. The van der Waals surface area contributed by atoms with Crippen LogP contribution in [0, 0.1) is 0 Å². The lowest BCUT2D eigenvalue weighted by molar-refractivity contribution is -0.117. The molecule has 0 spiro atoms. The molecule has 1 amide bonds. The Labute approximate surface area is 188 Å². The van der Waals surface area contributed by atoms with Gasteiger partial charge in [0.25, 0.3) is 0 Å². The van der Waals surface area contributed by atoms with Crippen molar-refractivity contribution in [3.8, 4) is 5.75 Å². The summed E-state index contributed by atoms with van der Waals surface area (Å²) in [5, 5.41) is 0. The maximum absolute atomic E-state index is 13.0. The van der Waals surface area contributed by atoms with Gasteiger partial charge in [-0.15, -0.1) is 0 Å². The molecule has 162 valence electrons. The Morgan fingerprint density at radius 3 is 2.53 bits per heavy atom. The van der Waals surface area contributed by atoms with E-state index in [9.17, 15) is 4.79 Å². The number of fused-ring (bicyclic) bond motifs is 1. The van der Waals surface area contributed by atoms with Crippen molar-refractivity contribution >= 4 is 22.6 Å². The Kier molecular flexibility index (Phi) is 5.39. The van der Waals surface area contributed by atoms with Crippen molar-refractivity contribution in [2.75, 3.05) is 18.6 Å². The van der Waals surface area contributed by atoms with Crippen LogP contribution >= 0.6 is 0 Å². The minimum absolute atomic E-state index is 0.0375. The fourth-order valence-electron chi connectivity index (χ4n) is 4.62. The van der Waals surface area contributed by atoms with E-state index in [1.165, 1.54) is 5.56 Å². The first-order valence-electron chi connectivity index (χ1n) is 11.1. The molecule has 0 aliphatic carbocycles. The van der Waals surface area contributed by atoms with Gasteiger partial charge in [0.1, 0.15) is 11.6 Å². The number of benzene rings is 3. The van der Waals surface area contributed by atoms with Gasteiger partial charge in [0.15, 0.2) is 0 Å². The lowest BCUT2D eigenvalue weighted by Gasteiger charge is -2.18. The quantitative estimate of drug-likeness (QED) is 0.428. The number of hydrogen-bond donors (Lipinski definition) is 0. The number of para-hydroxylation sites is 3. The number of methoxy groups -OCH3 is 1. The van der Waals surface area contributed by atoms with Gasteiger partial charge in [0.2, 0.25) is 5.91 Å². The molecule has 5 nitrogen and oxygen atoms in total. The number of aromatic nitrogens is 2. The topological polar surface area (TPSA) is 47.4 Å². The summed E-state index contributed by atoms with van der Waals surface area (Å²) < 4.78 is 7.83. The monoisotopic (exact) mass is 425 g/mol. The summed E-state index contributed by atoms with van der Waals surface area (Å²) in [5.41, 5.74) is 5.36. The summed E-state index contributed by atoms with van der Waals surface area (Å²) in [6, 6.07) is 24.6. The fourth-order valence-corrected chi connectivity index (χ4v) is 4.62. The zero-order chi connectivity index (χ0) is 22.1. The Hall–Kier alpha value is -3.60. The number of amides is 1. The van der Waals surface area contributed by atoms with Gasteiger partial charge >= 0.3 is 0 Å². The Morgan fingerprint density at radius 1 is 1.00 bits per heavy atom. The molecule has 1 aliphatic heterocycles. The molecule has 1 atom stereocenters. The predicted molar refractivity (Wildman–Crippen MR) is 127 cm³/mol. The van der Waals surface area contributed by atoms with Crippen LogP contribution in [0.4, 0.5) is 5.69 Å². The lowest BCUT2D eigenvalue weighted by Crippen LogP contribution is -2.24. The van der Waals surface area contributed by atoms with Crippen molar-refractivity contribution in [2.45, 2.75) is 32.2 Å². The molecule has 4 aromatic rings. The highest BCUT2D eigenvalue weighted by molar-refractivity contribution is 5.96. The number of aryl methyl sites for hydroxylation is 1. The van der Waals surface area contributed by atoms with Gasteiger partial charge in [-0.2, -0.15) is 0 Å². The summed E-state index contributed by atoms with van der Waals surface area (Å²) in [6.45, 7) is 3.42. The zero-order valence-electron chi connectivity index (χ0n) is 18.5. The van der Waals surface area contributed by atoms with Crippen LogP contribution in [0.15, 0.2) is 72.8 Å². The van der Waals surface area contributed by atoms with Crippen LogP contribution in [0.5, 0.6) is 5.75 Å². The van der Waals surface area contributed by atoms with Crippen molar-refractivity contribution in [2.24, 2.45) is 0 Å². The average molecular weight is 426 g/mol. The van der Waals surface area contributed by atoms with Gasteiger partial charge in [-0.05, 0) is 42.3 Å². The summed E-state index contributed by atoms with van der Waals surface area (Å²) in [4.78, 5) is 19.8. The summed E-state index contributed by atoms with van der Waals surface area (Å²) in [5.74, 6) is 2.00. The largest absolute Gasteiger partial charge is 0.496 e. The van der Waals surface area contributed by atoms with E-state index in [1.54, 1.807) is 7.11 Å². The van der Waals surface area contributed by atoms with Gasteiger partial charge < -0.3 is 14.2 Å². The normalized spacial score (nSPS) is 16.1. The van der Waals surface area contributed by atoms with Crippen LogP contribution in [0.2, 0.25) is 0 Å². The van der Waals surface area contributed by atoms with Crippen LogP contribution in [0.3, 0.4) is 0 Å². The number of imidazole rings is 1. The second-order valence-electron chi connectivity index (χ2n) is 8.28. The molecule has 1 fully saturated rings. The van der Waals surface area contributed by atoms with Crippen LogP contribution in [0.1, 0.15) is 36.2 Å². The molecule has 5 rings (SSSR count). The highest BCUT2D eigenvalue weighted by atomic mass is 16.5. The number of hydrogen-bond acceptors (Lipinski definition) is 3. The second kappa shape index (κ2) is 8.50. The number of ether oxygens (including phenoxy) is 1. The summed E-state index contributed by atoms with van der Waals surface area (Å²) in [7, 11) is 1.70. The Bertz CT molecular complexity index is 1260. The van der Waals surface area contributed by atoms with E-state index in [0.29, 0.717) is 19.5 Å². The molecule has 3 aromatic carbocycles. The maximum atomic E-state index is 13.0. The number of carbonyl (C=O) groups excluding carboxylic acids is 1. The van der Waals surface area contributed by atoms with E-state index < -0.39 is 0 Å². The molecule has 0 radical (unpaired) electrons. The van der Waals surface area contributed by atoms with Crippen LogP contribution in [0.25, 0.3) is 11.0 Å². The van der Waals surface area contributed by atoms with Gasteiger partial charge in [-0.3, -0.25) is 4.79 Å². The standard InChI is InChI=1S/C27H27N3O2/c1-3-19-12-14-22(15-13-19)29-18-21(16-26(29)31)27-28-23-9-5-6-10-24(23)30(27)17-20-8-4-7-11-25(20)32-2/h4-15,21H,3,16-18H2,1-2H3. The highest BCUT2D eigenvalue weighted by Gasteiger charge is 2.35. The van der Waals surface area contributed by atoms with Crippen molar-refractivity contribution in [1.29, 1.82) is 0 Å². The third-order valence-corrected chi connectivity index (χ3v) is 6.35. The molecule has 1 unspecified atom stereocenters. The molecule has 0 N–H and O–H groups in total. The van der Waals surface area contributed by atoms with Gasteiger partial charge in [0, 0.05) is 30.1 Å². The van der Waals surface area contributed by atoms with Crippen LogP contribution in [-0.2, 0) is 17.8 Å². The van der Waals surface area contributed by atoms with Gasteiger partial charge in [-0.25, -0.2) is 4.98 Å². The molecule has 1 aromatic heterocycles. The molecular formula is C27H27N3O2. The molecular weight excluding hydrogens is 398 g/mol. The third kappa shape index (κ3) is 3.64.